The molecule has 0 radical (unpaired) electrons. The average molecular weight is 322 g/mol. The van der Waals surface area contributed by atoms with E-state index in [1.54, 1.807) is 6.08 Å². The first-order valence-corrected chi connectivity index (χ1v) is 8.03. The van der Waals surface area contributed by atoms with E-state index in [0.29, 0.717) is 12.0 Å². The summed E-state index contributed by atoms with van der Waals surface area (Å²) in [4.78, 5) is 23.3. The molecule has 0 unspecified atom stereocenters. The third kappa shape index (κ3) is 5.51. The number of allylic oxidation sites excluding steroid dienone is 1. The molecule has 24 heavy (non-hydrogen) atoms. The zero-order valence-electron chi connectivity index (χ0n) is 14.1. The molecule has 0 saturated carbocycles. The zero-order chi connectivity index (χ0) is 17.4. The fourth-order valence-corrected chi connectivity index (χ4v) is 2.32. The van der Waals surface area contributed by atoms with Crippen LogP contribution in [0.3, 0.4) is 0 Å². The van der Waals surface area contributed by atoms with Crippen molar-refractivity contribution in [2.75, 3.05) is 7.11 Å². The van der Waals surface area contributed by atoms with Crippen LogP contribution in [0.2, 0.25) is 0 Å². The Labute approximate surface area is 143 Å². The molecule has 0 amide bonds. The Hall–Kier alpha value is -2.68. The van der Waals surface area contributed by atoms with Crippen molar-refractivity contribution in [3.05, 3.63) is 76.9 Å². The Morgan fingerprint density at radius 1 is 1.00 bits per heavy atom. The van der Waals surface area contributed by atoms with Crippen molar-refractivity contribution in [1.82, 2.24) is 0 Å². The van der Waals surface area contributed by atoms with Crippen LogP contribution in [-0.2, 0) is 16.0 Å². The lowest BCUT2D eigenvalue weighted by atomic mass is 10.0. The van der Waals surface area contributed by atoms with Crippen molar-refractivity contribution in [3.63, 3.8) is 0 Å². The van der Waals surface area contributed by atoms with Crippen LogP contribution in [0.4, 0.5) is 0 Å². The van der Waals surface area contributed by atoms with E-state index >= 15 is 0 Å². The van der Waals surface area contributed by atoms with Gasteiger partial charge in [0.15, 0.2) is 5.78 Å². The molecule has 2 aromatic carbocycles. The van der Waals surface area contributed by atoms with E-state index in [1.165, 1.54) is 12.7 Å². The van der Waals surface area contributed by atoms with Crippen LogP contribution in [0.1, 0.15) is 39.9 Å². The van der Waals surface area contributed by atoms with E-state index in [9.17, 15) is 9.59 Å². The molecule has 0 aliphatic heterocycles. The lowest BCUT2D eigenvalue weighted by molar-refractivity contribution is -0.140. The number of hydrogen-bond acceptors (Lipinski definition) is 3. The van der Waals surface area contributed by atoms with Gasteiger partial charge in [-0.1, -0.05) is 60.2 Å². The minimum absolute atomic E-state index is 0.0170. The first-order valence-electron chi connectivity index (χ1n) is 8.03. The maximum absolute atomic E-state index is 12.2. The van der Waals surface area contributed by atoms with E-state index in [2.05, 4.69) is 4.74 Å². The summed E-state index contributed by atoms with van der Waals surface area (Å²) in [5.41, 5.74) is 3.97. The van der Waals surface area contributed by atoms with Gasteiger partial charge in [0.1, 0.15) is 0 Å². The van der Waals surface area contributed by atoms with Gasteiger partial charge in [0.2, 0.25) is 0 Å². The van der Waals surface area contributed by atoms with Gasteiger partial charge in [0.05, 0.1) is 7.11 Å². The van der Waals surface area contributed by atoms with Gasteiger partial charge in [-0.2, -0.15) is 0 Å². The second-order valence-corrected chi connectivity index (χ2v) is 5.73. The maximum atomic E-state index is 12.2. The number of benzene rings is 2. The van der Waals surface area contributed by atoms with Crippen molar-refractivity contribution in [2.45, 2.75) is 26.2 Å². The average Bonchev–Trinajstić information content (AvgIpc) is 2.61. The van der Waals surface area contributed by atoms with Crippen LogP contribution in [0, 0.1) is 6.92 Å². The number of carbonyl (C=O) groups is 2. The summed E-state index contributed by atoms with van der Waals surface area (Å²) in [7, 11) is 1.40. The van der Waals surface area contributed by atoms with Gasteiger partial charge in [-0.15, -0.1) is 0 Å². The zero-order valence-corrected chi connectivity index (χ0v) is 14.1. The van der Waals surface area contributed by atoms with Gasteiger partial charge >= 0.3 is 5.97 Å². The topological polar surface area (TPSA) is 43.4 Å². The number of rotatable bonds is 7. The van der Waals surface area contributed by atoms with Gasteiger partial charge in [0, 0.05) is 12.0 Å². The molecule has 0 bridgehead atoms. The predicted molar refractivity (Wildman–Crippen MR) is 95.9 cm³/mol. The first kappa shape index (κ1) is 17.7. The summed E-state index contributed by atoms with van der Waals surface area (Å²) in [6.07, 6.45) is 5.37. The highest BCUT2D eigenvalue weighted by molar-refractivity contribution is 6.06. The van der Waals surface area contributed by atoms with Gasteiger partial charge in [0.25, 0.3) is 0 Å². The quantitative estimate of drug-likeness (QED) is 0.431. The molecule has 0 heterocycles. The van der Waals surface area contributed by atoms with Crippen molar-refractivity contribution in [3.8, 4) is 0 Å². The van der Waals surface area contributed by atoms with Crippen LogP contribution >= 0.6 is 0 Å². The molecule has 3 heteroatoms. The molecule has 0 aliphatic rings. The SMILES string of the molecule is COC(=O)CCCc1ccc(C(=O)C=Cc2ccc(C)cc2)cc1. The number of ketones is 1. The van der Waals surface area contributed by atoms with Crippen LogP contribution in [0.5, 0.6) is 0 Å². The van der Waals surface area contributed by atoms with Crippen molar-refractivity contribution >= 4 is 17.8 Å². The Bertz CT molecular complexity index is 710. The fraction of sp³-hybridized carbons (Fsp3) is 0.238. The summed E-state index contributed by atoms with van der Waals surface area (Å²) in [5.74, 6) is -0.209. The molecule has 2 aromatic rings. The molecule has 0 spiro atoms. The minimum Gasteiger partial charge on any atom is -0.469 e. The Morgan fingerprint density at radius 2 is 1.67 bits per heavy atom. The number of methoxy groups -OCH3 is 1. The number of aryl methyl sites for hydroxylation is 2. The van der Waals surface area contributed by atoms with Crippen LogP contribution < -0.4 is 0 Å². The molecule has 0 aliphatic carbocycles. The summed E-state index contributed by atoms with van der Waals surface area (Å²) in [5, 5.41) is 0. The lowest BCUT2D eigenvalue weighted by Gasteiger charge is -2.02. The normalized spacial score (nSPS) is 10.8. The molecule has 2 rings (SSSR count). The highest BCUT2D eigenvalue weighted by atomic mass is 16.5. The van der Waals surface area contributed by atoms with E-state index in [-0.39, 0.29) is 11.8 Å². The molecule has 3 nitrogen and oxygen atoms in total. The fourth-order valence-electron chi connectivity index (χ4n) is 2.32. The molecule has 0 aromatic heterocycles. The monoisotopic (exact) mass is 322 g/mol. The molecule has 124 valence electrons. The van der Waals surface area contributed by atoms with Gasteiger partial charge in [-0.05, 0) is 37.0 Å². The van der Waals surface area contributed by atoms with Gasteiger partial charge in [-0.3, -0.25) is 9.59 Å². The van der Waals surface area contributed by atoms with Crippen molar-refractivity contribution in [2.24, 2.45) is 0 Å². The second-order valence-electron chi connectivity index (χ2n) is 5.73. The minimum atomic E-state index is -0.192. The highest BCUT2D eigenvalue weighted by Crippen LogP contribution is 2.11. The summed E-state index contributed by atoms with van der Waals surface area (Å²) in [6, 6.07) is 15.5. The van der Waals surface area contributed by atoms with Crippen LogP contribution in [0.15, 0.2) is 54.6 Å². The molecule has 0 saturated heterocycles. The first-order chi connectivity index (χ1) is 11.6. The van der Waals surface area contributed by atoms with E-state index in [4.69, 9.17) is 0 Å². The third-order valence-corrected chi connectivity index (χ3v) is 3.82. The molecular formula is C21H22O3. The molecular weight excluding hydrogens is 300 g/mol. The molecule has 0 fully saturated rings. The Morgan fingerprint density at radius 3 is 2.29 bits per heavy atom. The van der Waals surface area contributed by atoms with E-state index < -0.39 is 0 Å². The number of carbonyl (C=O) groups excluding carboxylic acids is 2. The summed E-state index contributed by atoms with van der Waals surface area (Å²) >= 11 is 0. The maximum Gasteiger partial charge on any atom is 0.305 e. The largest absolute Gasteiger partial charge is 0.469 e. The van der Waals surface area contributed by atoms with Gasteiger partial charge in [-0.25, -0.2) is 0 Å². The van der Waals surface area contributed by atoms with E-state index in [1.807, 2.05) is 61.5 Å². The van der Waals surface area contributed by atoms with Crippen LogP contribution in [0.25, 0.3) is 6.08 Å². The second kappa shape index (κ2) is 8.82. The Kier molecular flexibility index (Phi) is 6.50. The highest BCUT2D eigenvalue weighted by Gasteiger charge is 2.03. The lowest BCUT2D eigenvalue weighted by Crippen LogP contribution is -2.00. The van der Waals surface area contributed by atoms with Gasteiger partial charge < -0.3 is 4.74 Å². The Balaban J connectivity index is 1.91. The summed E-state index contributed by atoms with van der Waals surface area (Å²) in [6.45, 7) is 2.03. The summed E-state index contributed by atoms with van der Waals surface area (Å²) < 4.78 is 4.62. The number of ether oxygens (including phenoxy) is 1. The van der Waals surface area contributed by atoms with Crippen molar-refractivity contribution < 1.29 is 14.3 Å². The molecule has 0 atom stereocenters. The van der Waals surface area contributed by atoms with Crippen molar-refractivity contribution in [1.29, 1.82) is 0 Å². The number of hydrogen-bond donors (Lipinski definition) is 0. The smallest absolute Gasteiger partial charge is 0.305 e. The van der Waals surface area contributed by atoms with E-state index in [0.717, 1.165) is 24.0 Å². The standard InChI is InChI=1S/C21H22O3/c1-16-6-8-18(9-7-16)12-15-20(22)19-13-10-17(11-14-19)4-3-5-21(23)24-2/h6-15H,3-5H2,1-2H3. The predicted octanol–water partition coefficient (Wildman–Crippen LogP) is 4.39. The molecule has 0 N–H and O–H groups in total. The number of esters is 1. The third-order valence-electron chi connectivity index (χ3n) is 3.82. The van der Waals surface area contributed by atoms with Crippen LogP contribution in [-0.4, -0.2) is 18.9 Å².